The second kappa shape index (κ2) is 7.37. The van der Waals surface area contributed by atoms with Crippen molar-refractivity contribution in [1.82, 2.24) is 4.90 Å². The highest BCUT2D eigenvalue weighted by Gasteiger charge is 2.31. The molecule has 1 unspecified atom stereocenters. The molecule has 1 amide bonds. The third-order valence-corrected chi connectivity index (χ3v) is 5.43. The van der Waals surface area contributed by atoms with Gasteiger partial charge in [0, 0.05) is 25.4 Å². The van der Waals surface area contributed by atoms with E-state index in [1.54, 1.807) is 4.90 Å². The monoisotopic (exact) mass is 358 g/mol. The topological polar surface area (TPSA) is 80.5 Å². The number of benzene rings is 2. The Morgan fingerprint density at radius 3 is 2.28 bits per heavy atom. The summed E-state index contributed by atoms with van der Waals surface area (Å²) in [7, 11) is -3.53. The highest BCUT2D eigenvalue weighted by atomic mass is 32.2. The average Bonchev–Trinajstić information content (AvgIpc) is 2.91. The predicted octanol–water partition coefficient (Wildman–Crippen LogP) is 2.03. The molecular formula is C19H22N2O3S. The van der Waals surface area contributed by atoms with Crippen LogP contribution in [0.25, 0.3) is 11.1 Å². The molecule has 1 saturated heterocycles. The SMILES string of the molecule is NS(=O)(=O)CC1CC(=O)N(CCc2ccc(-c3ccccc3)cc2)C1. The highest BCUT2D eigenvalue weighted by molar-refractivity contribution is 7.89. The Bertz CT molecular complexity index is 833. The van der Waals surface area contributed by atoms with Crippen LogP contribution in [-0.2, 0) is 21.2 Å². The molecule has 5 nitrogen and oxygen atoms in total. The predicted molar refractivity (Wildman–Crippen MR) is 98.2 cm³/mol. The van der Waals surface area contributed by atoms with Gasteiger partial charge in [0.2, 0.25) is 15.9 Å². The van der Waals surface area contributed by atoms with E-state index in [4.69, 9.17) is 5.14 Å². The lowest BCUT2D eigenvalue weighted by atomic mass is 10.0. The van der Waals surface area contributed by atoms with E-state index in [1.807, 2.05) is 18.2 Å². The van der Waals surface area contributed by atoms with Crippen LogP contribution < -0.4 is 5.14 Å². The van der Waals surface area contributed by atoms with Gasteiger partial charge in [-0.05, 0) is 23.1 Å². The van der Waals surface area contributed by atoms with Gasteiger partial charge in [-0.15, -0.1) is 0 Å². The van der Waals surface area contributed by atoms with E-state index < -0.39 is 10.0 Å². The Labute approximate surface area is 148 Å². The van der Waals surface area contributed by atoms with Crippen molar-refractivity contribution in [3.8, 4) is 11.1 Å². The molecule has 1 heterocycles. The maximum absolute atomic E-state index is 12.0. The van der Waals surface area contributed by atoms with E-state index >= 15 is 0 Å². The summed E-state index contributed by atoms with van der Waals surface area (Å²) in [5, 5.41) is 5.08. The Kier molecular flexibility index (Phi) is 5.20. The molecule has 0 aliphatic carbocycles. The minimum atomic E-state index is -3.53. The normalized spacial score (nSPS) is 17.9. The molecule has 6 heteroatoms. The lowest BCUT2D eigenvalue weighted by Gasteiger charge is -2.16. The Morgan fingerprint density at radius 2 is 1.64 bits per heavy atom. The number of hydrogen-bond donors (Lipinski definition) is 1. The van der Waals surface area contributed by atoms with E-state index in [2.05, 4.69) is 36.4 Å². The van der Waals surface area contributed by atoms with E-state index in [0.29, 0.717) is 13.1 Å². The second-order valence-corrected chi connectivity index (χ2v) is 8.21. The number of likely N-dealkylation sites (tertiary alicyclic amines) is 1. The molecule has 25 heavy (non-hydrogen) atoms. The van der Waals surface area contributed by atoms with Crippen molar-refractivity contribution in [2.75, 3.05) is 18.8 Å². The lowest BCUT2D eigenvalue weighted by molar-refractivity contribution is -0.127. The first-order chi connectivity index (χ1) is 11.9. The largest absolute Gasteiger partial charge is 0.342 e. The number of rotatable bonds is 6. The molecule has 3 rings (SSSR count). The van der Waals surface area contributed by atoms with Crippen molar-refractivity contribution in [3.63, 3.8) is 0 Å². The summed E-state index contributed by atoms with van der Waals surface area (Å²) >= 11 is 0. The molecule has 0 saturated carbocycles. The van der Waals surface area contributed by atoms with Crippen LogP contribution in [0.4, 0.5) is 0 Å². The maximum Gasteiger partial charge on any atom is 0.222 e. The number of sulfonamides is 1. The van der Waals surface area contributed by atoms with Crippen LogP contribution >= 0.6 is 0 Å². The van der Waals surface area contributed by atoms with Crippen LogP contribution in [0.3, 0.4) is 0 Å². The Hall–Kier alpha value is -2.18. The smallest absolute Gasteiger partial charge is 0.222 e. The van der Waals surface area contributed by atoms with Crippen molar-refractivity contribution < 1.29 is 13.2 Å². The maximum atomic E-state index is 12.0. The molecule has 132 valence electrons. The van der Waals surface area contributed by atoms with E-state index in [1.165, 1.54) is 5.56 Å². The minimum absolute atomic E-state index is 0.00885. The molecule has 2 N–H and O–H groups in total. The quantitative estimate of drug-likeness (QED) is 0.858. The zero-order valence-electron chi connectivity index (χ0n) is 14.0. The number of hydrogen-bond acceptors (Lipinski definition) is 3. The fourth-order valence-electron chi connectivity index (χ4n) is 3.27. The van der Waals surface area contributed by atoms with Crippen molar-refractivity contribution in [3.05, 3.63) is 60.2 Å². The molecule has 0 aromatic heterocycles. The molecule has 0 bridgehead atoms. The zero-order chi connectivity index (χ0) is 17.9. The fraction of sp³-hybridized carbons (Fsp3) is 0.316. The second-order valence-electron chi connectivity index (χ2n) is 6.55. The van der Waals surface area contributed by atoms with Gasteiger partial charge in [0.05, 0.1) is 5.75 Å². The minimum Gasteiger partial charge on any atom is -0.342 e. The Morgan fingerprint density at radius 1 is 1.00 bits per heavy atom. The standard InChI is InChI=1S/C19H22N2O3S/c20-25(23,24)14-16-12-19(22)21(13-16)11-10-15-6-8-18(9-7-15)17-4-2-1-3-5-17/h1-9,16H,10-14H2,(H2,20,23,24). The van der Waals surface area contributed by atoms with Gasteiger partial charge in [0.1, 0.15) is 0 Å². The van der Waals surface area contributed by atoms with E-state index in [-0.39, 0.29) is 24.0 Å². The number of carbonyl (C=O) groups is 1. The summed E-state index contributed by atoms with van der Waals surface area (Å²) in [6, 6.07) is 18.5. The molecule has 0 radical (unpaired) electrons. The van der Waals surface area contributed by atoms with Crippen molar-refractivity contribution in [2.24, 2.45) is 11.1 Å². The summed E-state index contributed by atoms with van der Waals surface area (Å²) < 4.78 is 22.4. The van der Waals surface area contributed by atoms with Gasteiger partial charge in [-0.2, -0.15) is 0 Å². The lowest BCUT2D eigenvalue weighted by Crippen LogP contribution is -2.29. The first-order valence-electron chi connectivity index (χ1n) is 8.33. The molecule has 1 atom stereocenters. The summed E-state index contributed by atoms with van der Waals surface area (Å²) in [5.41, 5.74) is 3.49. The number of primary sulfonamides is 1. The van der Waals surface area contributed by atoms with Crippen LogP contribution in [-0.4, -0.2) is 38.1 Å². The first kappa shape index (κ1) is 17.6. The van der Waals surface area contributed by atoms with Gasteiger partial charge in [-0.3, -0.25) is 4.79 Å². The van der Waals surface area contributed by atoms with Gasteiger partial charge >= 0.3 is 0 Å². The third kappa shape index (κ3) is 4.90. The van der Waals surface area contributed by atoms with E-state index in [0.717, 1.165) is 17.5 Å². The van der Waals surface area contributed by atoms with Crippen LogP contribution in [0, 0.1) is 5.92 Å². The van der Waals surface area contributed by atoms with Crippen LogP contribution in [0.2, 0.25) is 0 Å². The number of nitrogens with two attached hydrogens (primary N) is 1. The van der Waals surface area contributed by atoms with Gasteiger partial charge in [0.25, 0.3) is 0 Å². The van der Waals surface area contributed by atoms with Gasteiger partial charge in [-0.1, -0.05) is 54.6 Å². The number of nitrogens with zero attached hydrogens (tertiary/aromatic N) is 1. The Balaban J connectivity index is 1.56. The highest BCUT2D eigenvalue weighted by Crippen LogP contribution is 2.21. The summed E-state index contributed by atoms with van der Waals surface area (Å²) in [6.07, 6.45) is 1.02. The molecule has 1 aliphatic rings. The van der Waals surface area contributed by atoms with Crippen molar-refractivity contribution in [2.45, 2.75) is 12.8 Å². The molecule has 0 spiro atoms. The number of amides is 1. The van der Waals surface area contributed by atoms with Crippen LogP contribution in [0.1, 0.15) is 12.0 Å². The summed E-state index contributed by atoms with van der Waals surface area (Å²) in [6.45, 7) is 1.07. The average molecular weight is 358 g/mol. The zero-order valence-corrected chi connectivity index (χ0v) is 14.8. The van der Waals surface area contributed by atoms with Crippen molar-refractivity contribution >= 4 is 15.9 Å². The van der Waals surface area contributed by atoms with E-state index in [9.17, 15) is 13.2 Å². The van der Waals surface area contributed by atoms with Crippen LogP contribution in [0.5, 0.6) is 0 Å². The molecule has 1 fully saturated rings. The summed E-state index contributed by atoms with van der Waals surface area (Å²) in [5.74, 6) is -0.307. The molecular weight excluding hydrogens is 336 g/mol. The van der Waals surface area contributed by atoms with Gasteiger partial charge < -0.3 is 4.90 Å². The van der Waals surface area contributed by atoms with Gasteiger partial charge in [0.15, 0.2) is 0 Å². The first-order valence-corrected chi connectivity index (χ1v) is 10.0. The number of carbonyl (C=O) groups excluding carboxylic acids is 1. The van der Waals surface area contributed by atoms with Gasteiger partial charge in [-0.25, -0.2) is 13.6 Å². The third-order valence-electron chi connectivity index (χ3n) is 4.49. The van der Waals surface area contributed by atoms with Crippen LogP contribution in [0.15, 0.2) is 54.6 Å². The molecule has 1 aliphatic heterocycles. The molecule has 2 aromatic rings. The summed E-state index contributed by atoms with van der Waals surface area (Å²) in [4.78, 5) is 13.8. The fourth-order valence-corrected chi connectivity index (χ4v) is 4.15. The molecule has 2 aromatic carbocycles. The van der Waals surface area contributed by atoms with Crippen molar-refractivity contribution in [1.29, 1.82) is 0 Å².